The van der Waals surface area contributed by atoms with Crippen LogP contribution < -0.4 is 10.0 Å². The minimum atomic E-state index is -3.81. The van der Waals surface area contributed by atoms with Crippen molar-refractivity contribution < 1.29 is 22.7 Å². The average Bonchev–Trinajstić information content (AvgIpc) is 3.31. The van der Waals surface area contributed by atoms with Gasteiger partial charge in [0.25, 0.3) is 5.91 Å². The first-order chi connectivity index (χ1) is 14.9. The van der Waals surface area contributed by atoms with Crippen molar-refractivity contribution in [3.8, 4) is 0 Å². The van der Waals surface area contributed by atoms with Gasteiger partial charge in [0.2, 0.25) is 10.0 Å². The summed E-state index contributed by atoms with van der Waals surface area (Å²) in [6, 6.07) is 17.6. The first-order valence-electron chi connectivity index (χ1n) is 9.44. The second kappa shape index (κ2) is 10.3. The zero-order valence-electron chi connectivity index (χ0n) is 16.8. The maximum Gasteiger partial charge on any atom is 0.328 e. The van der Waals surface area contributed by atoms with Crippen molar-refractivity contribution in [2.24, 2.45) is 0 Å². The molecule has 0 unspecified atom stereocenters. The van der Waals surface area contributed by atoms with Gasteiger partial charge in [0, 0.05) is 23.4 Å². The highest BCUT2D eigenvalue weighted by Crippen LogP contribution is 2.15. The average molecular weight is 459 g/mol. The quantitative estimate of drug-likeness (QED) is 0.480. The Morgan fingerprint density at radius 1 is 1.03 bits per heavy atom. The second-order valence-electron chi connectivity index (χ2n) is 6.67. The summed E-state index contributed by atoms with van der Waals surface area (Å²) >= 11 is 1.44. The maximum atomic E-state index is 12.8. The summed E-state index contributed by atoms with van der Waals surface area (Å²) in [4.78, 5) is 25.8. The van der Waals surface area contributed by atoms with Crippen LogP contribution in [0.2, 0.25) is 0 Å². The zero-order valence-corrected chi connectivity index (χ0v) is 18.4. The predicted molar refractivity (Wildman–Crippen MR) is 118 cm³/mol. The second-order valence-corrected chi connectivity index (χ2v) is 9.47. The predicted octanol–water partition coefficient (Wildman–Crippen LogP) is 2.74. The molecular weight excluding hydrogens is 436 g/mol. The molecule has 0 aliphatic heterocycles. The molecule has 0 saturated heterocycles. The highest BCUT2D eigenvalue weighted by Gasteiger charge is 2.23. The summed E-state index contributed by atoms with van der Waals surface area (Å²) < 4.78 is 32.5. The topological polar surface area (TPSA) is 102 Å². The zero-order chi connectivity index (χ0) is 22.3. The van der Waals surface area contributed by atoms with E-state index in [2.05, 4.69) is 10.0 Å². The highest BCUT2D eigenvalue weighted by molar-refractivity contribution is 7.89. The van der Waals surface area contributed by atoms with Crippen molar-refractivity contribution in [3.05, 3.63) is 88.1 Å². The number of esters is 1. The molecule has 3 aromatic rings. The lowest BCUT2D eigenvalue weighted by Crippen LogP contribution is -2.43. The van der Waals surface area contributed by atoms with Gasteiger partial charge in [0.1, 0.15) is 6.04 Å². The van der Waals surface area contributed by atoms with Crippen LogP contribution in [0.4, 0.5) is 0 Å². The van der Waals surface area contributed by atoms with Crippen LogP contribution in [0.1, 0.15) is 20.8 Å². The number of hydrogen-bond acceptors (Lipinski definition) is 6. The third-order valence-electron chi connectivity index (χ3n) is 4.50. The van der Waals surface area contributed by atoms with Crippen molar-refractivity contribution in [2.45, 2.75) is 23.9 Å². The molecule has 2 N–H and O–H groups in total. The Hall–Kier alpha value is -3.01. The van der Waals surface area contributed by atoms with Gasteiger partial charge in [-0.3, -0.25) is 4.79 Å². The Bertz CT molecular complexity index is 1130. The van der Waals surface area contributed by atoms with Crippen LogP contribution in [-0.4, -0.2) is 33.4 Å². The fraction of sp³-hybridized carbons (Fsp3) is 0.182. The van der Waals surface area contributed by atoms with E-state index < -0.39 is 27.9 Å². The largest absolute Gasteiger partial charge is 0.467 e. The summed E-state index contributed by atoms with van der Waals surface area (Å²) in [5.74, 6) is -1.15. The van der Waals surface area contributed by atoms with Crippen LogP contribution in [0.5, 0.6) is 0 Å². The van der Waals surface area contributed by atoms with Crippen molar-refractivity contribution >= 4 is 33.2 Å². The molecule has 0 saturated carbocycles. The van der Waals surface area contributed by atoms with Crippen LogP contribution in [0.15, 0.2) is 77.0 Å². The number of hydrogen-bond donors (Lipinski definition) is 2. The summed E-state index contributed by atoms with van der Waals surface area (Å²) in [6.45, 7) is 0.165. The number of benzene rings is 2. The number of nitrogens with one attached hydrogen (secondary N) is 2. The molecule has 0 bridgehead atoms. The summed E-state index contributed by atoms with van der Waals surface area (Å²) in [5.41, 5.74) is 0.980. The number of rotatable bonds is 9. The molecule has 31 heavy (non-hydrogen) atoms. The van der Waals surface area contributed by atoms with Crippen molar-refractivity contribution in [2.75, 3.05) is 7.11 Å². The molecule has 1 atom stereocenters. The minimum absolute atomic E-state index is 0.0330. The molecule has 162 valence electrons. The van der Waals surface area contributed by atoms with Gasteiger partial charge in [0.15, 0.2) is 0 Å². The SMILES string of the molecule is COC(=O)[C@H](Cc1ccccc1)NC(=O)c1cccc(S(=O)(=O)NCc2cccs2)c1. The summed E-state index contributed by atoms with van der Waals surface area (Å²) in [7, 11) is -2.56. The van der Waals surface area contributed by atoms with Gasteiger partial charge in [0.05, 0.1) is 12.0 Å². The molecule has 7 nitrogen and oxygen atoms in total. The number of carbonyl (C=O) groups excluding carboxylic acids is 2. The van der Waals surface area contributed by atoms with Gasteiger partial charge in [-0.1, -0.05) is 42.5 Å². The first kappa shape index (κ1) is 22.7. The summed E-state index contributed by atoms with van der Waals surface area (Å²) in [6.07, 6.45) is 0.250. The van der Waals surface area contributed by atoms with E-state index in [1.807, 2.05) is 47.8 Å². The smallest absolute Gasteiger partial charge is 0.328 e. The van der Waals surface area contributed by atoms with Crippen LogP contribution in [-0.2, 0) is 32.5 Å². The number of methoxy groups -OCH3 is 1. The molecule has 0 radical (unpaired) electrons. The molecule has 1 aromatic heterocycles. The molecule has 2 aromatic carbocycles. The van der Waals surface area contributed by atoms with Gasteiger partial charge in [-0.05, 0) is 35.2 Å². The van der Waals surface area contributed by atoms with Gasteiger partial charge >= 0.3 is 5.97 Å². The Morgan fingerprint density at radius 2 is 1.81 bits per heavy atom. The van der Waals surface area contributed by atoms with Crippen molar-refractivity contribution in [1.29, 1.82) is 0 Å². The highest BCUT2D eigenvalue weighted by atomic mass is 32.2. The number of ether oxygens (including phenoxy) is 1. The van der Waals surface area contributed by atoms with Gasteiger partial charge in [-0.15, -0.1) is 11.3 Å². The van der Waals surface area contributed by atoms with E-state index in [0.29, 0.717) is 0 Å². The van der Waals surface area contributed by atoms with Crippen molar-refractivity contribution in [3.63, 3.8) is 0 Å². The van der Waals surface area contributed by atoms with E-state index in [-0.39, 0.29) is 23.4 Å². The lowest BCUT2D eigenvalue weighted by molar-refractivity contribution is -0.142. The van der Waals surface area contributed by atoms with Gasteiger partial charge in [-0.25, -0.2) is 17.9 Å². The number of amides is 1. The Labute approximate surface area is 185 Å². The van der Waals surface area contributed by atoms with E-state index in [4.69, 9.17) is 4.74 Å². The molecule has 9 heteroatoms. The Kier molecular flexibility index (Phi) is 7.56. The lowest BCUT2D eigenvalue weighted by atomic mass is 10.1. The first-order valence-corrected chi connectivity index (χ1v) is 11.8. The number of thiophene rings is 1. The number of sulfonamides is 1. The monoisotopic (exact) mass is 458 g/mol. The van der Waals surface area contributed by atoms with Crippen LogP contribution in [0.3, 0.4) is 0 Å². The van der Waals surface area contributed by atoms with E-state index in [0.717, 1.165) is 10.4 Å². The van der Waals surface area contributed by atoms with Gasteiger partial charge in [-0.2, -0.15) is 0 Å². The molecule has 0 aliphatic carbocycles. The number of carbonyl (C=O) groups is 2. The molecule has 3 rings (SSSR count). The molecule has 0 fully saturated rings. The maximum absolute atomic E-state index is 12.8. The minimum Gasteiger partial charge on any atom is -0.467 e. The molecule has 0 aliphatic rings. The third-order valence-corrected chi connectivity index (χ3v) is 6.77. The van der Waals surface area contributed by atoms with E-state index in [9.17, 15) is 18.0 Å². The van der Waals surface area contributed by atoms with Crippen LogP contribution in [0.25, 0.3) is 0 Å². The fourth-order valence-corrected chi connectivity index (χ4v) is 4.68. The van der Waals surface area contributed by atoms with Crippen molar-refractivity contribution in [1.82, 2.24) is 10.0 Å². The van der Waals surface area contributed by atoms with E-state index in [1.54, 1.807) is 0 Å². The lowest BCUT2D eigenvalue weighted by Gasteiger charge is -2.17. The molecule has 1 amide bonds. The van der Waals surface area contributed by atoms with Gasteiger partial charge < -0.3 is 10.1 Å². The normalized spacial score (nSPS) is 12.2. The molecule has 0 spiro atoms. The van der Waals surface area contributed by atoms with Crippen LogP contribution >= 0.6 is 11.3 Å². The standard InChI is InChI=1S/C22H22N2O5S2/c1-29-22(26)20(13-16-7-3-2-4-8-16)24-21(25)17-9-5-11-19(14-17)31(27,28)23-15-18-10-6-12-30-18/h2-12,14,20,23H,13,15H2,1H3,(H,24,25)/t20-/m0/s1. The molecular formula is C22H22N2O5S2. The Balaban J connectivity index is 1.73. The van der Waals surface area contributed by atoms with E-state index >= 15 is 0 Å². The van der Waals surface area contributed by atoms with Crippen LogP contribution in [0, 0.1) is 0 Å². The molecule has 1 heterocycles. The Morgan fingerprint density at radius 3 is 2.48 bits per heavy atom. The fourth-order valence-electron chi connectivity index (χ4n) is 2.89. The van der Waals surface area contributed by atoms with E-state index in [1.165, 1.54) is 42.7 Å². The summed E-state index contributed by atoms with van der Waals surface area (Å²) in [5, 5.41) is 4.50. The third kappa shape index (κ3) is 6.24.